The number of allylic oxidation sites excluding steroid dienone is 1. The lowest BCUT2D eigenvalue weighted by Crippen LogP contribution is -2.26. The first-order valence-corrected chi connectivity index (χ1v) is 7.90. The molecule has 1 atom stereocenters. The van der Waals surface area contributed by atoms with Crippen molar-refractivity contribution in [2.24, 2.45) is 5.92 Å². The smallest absolute Gasteiger partial charge is 0.244 e. The van der Waals surface area contributed by atoms with E-state index in [1.54, 1.807) is 12.1 Å². The van der Waals surface area contributed by atoms with Gasteiger partial charge in [0, 0.05) is 6.08 Å². The second-order valence-corrected chi connectivity index (χ2v) is 6.39. The second-order valence-electron chi connectivity index (χ2n) is 6.39. The number of hydrogen-bond donors (Lipinski definition) is 1. The third kappa shape index (κ3) is 3.17. The van der Waals surface area contributed by atoms with Crippen LogP contribution in [0.2, 0.25) is 0 Å². The summed E-state index contributed by atoms with van der Waals surface area (Å²) >= 11 is 0. The van der Waals surface area contributed by atoms with Gasteiger partial charge in [0.25, 0.3) is 0 Å². The molecule has 1 saturated carbocycles. The number of halogens is 1. The molecule has 2 nitrogen and oxygen atoms in total. The van der Waals surface area contributed by atoms with Crippen LogP contribution in [-0.4, -0.2) is 5.91 Å². The summed E-state index contributed by atoms with van der Waals surface area (Å²) in [6, 6.07) is 5.10. The molecule has 2 aliphatic carbocycles. The van der Waals surface area contributed by atoms with Gasteiger partial charge < -0.3 is 5.32 Å². The average molecular weight is 287 g/mol. The average Bonchev–Trinajstić information content (AvgIpc) is 2.86. The van der Waals surface area contributed by atoms with E-state index in [0.717, 1.165) is 36.3 Å². The van der Waals surface area contributed by atoms with Crippen molar-refractivity contribution >= 4 is 5.91 Å². The molecular weight excluding hydrogens is 265 g/mol. The van der Waals surface area contributed by atoms with Crippen LogP contribution in [0.25, 0.3) is 0 Å². The van der Waals surface area contributed by atoms with Gasteiger partial charge in [0.15, 0.2) is 0 Å². The number of hydrogen-bond acceptors (Lipinski definition) is 1. The molecule has 0 radical (unpaired) electrons. The summed E-state index contributed by atoms with van der Waals surface area (Å²) < 4.78 is 13.7. The van der Waals surface area contributed by atoms with Crippen LogP contribution in [0.15, 0.2) is 29.8 Å². The van der Waals surface area contributed by atoms with Crippen molar-refractivity contribution in [3.05, 3.63) is 46.8 Å². The van der Waals surface area contributed by atoms with Gasteiger partial charge in [-0.05, 0) is 61.6 Å². The zero-order valence-corrected chi connectivity index (χ0v) is 12.5. The van der Waals surface area contributed by atoms with E-state index in [1.165, 1.54) is 24.5 Å². The summed E-state index contributed by atoms with van der Waals surface area (Å²) in [4.78, 5) is 12.2. The lowest BCUT2D eigenvalue weighted by Gasteiger charge is -2.20. The van der Waals surface area contributed by atoms with E-state index in [9.17, 15) is 9.18 Å². The quantitative estimate of drug-likeness (QED) is 0.816. The Hall–Kier alpha value is -1.64. The summed E-state index contributed by atoms with van der Waals surface area (Å²) in [5, 5.41) is 3.04. The van der Waals surface area contributed by atoms with Crippen LogP contribution in [0, 0.1) is 11.7 Å². The standard InChI is InChI=1S/C18H22FNO/c1-12-5-7-13(8-6-12)11-18(21)20-17-10-9-14-15(17)3-2-4-16(14)19/h2-4,11-12,17H,5-10H2,1H3,(H,20,21). The van der Waals surface area contributed by atoms with Crippen molar-refractivity contribution in [1.82, 2.24) is 5.32 Å². The fraction of sp³-hybridized carbons (Fsp3) is 0.500. The number of nitrogens with one attached hydrogen (secondary N) is 1. The Labute approximate surface area is 125 Å². The molecule has 3 heteroatoms. The first kappa shape index (κ1) is 14.3. The predicted octanol–water partition coefficient (Wildman–Crippen LogP) is 4.07. The van der Waals surface area contributed by atoms with Crippen LogP contribution >= 0.6 is 0 Å². The normalized spacial score (nSPS) is 24.6. The maximum Gasteiger partial charge on any atom is 0.244 e. The Morgan fingerprint density at radius 2 is 2.00 bits per heavy atom. The summed E-state index contributed by atoms with van der Waals surface area (Å²) in [5.41, 5.74) is 2.96. The Balaban J connectivity index is 1.65. The highest BCUT2D eigenvalue weighted by molar-refractivity contribution is 5.88. The Kier molecular flexibility index (Phi) is 4.09. The van der Waals surface area contributed by atoms with Gasteiger partial charge in [-0.1, -0.05) is 24.6 Å². The topological polar surface area (TPSA) is 29.1 Å². The number of fused-ring (bicyclic) bond motifs is 1. The maximum atomic E-state index is 13.7. The zero-order valence-electron chi connectivity index (χ0n) is 12.5. The molecule has 0 bridgehead atoms. The molecule has 1 N–H and O–H groups in total. The highest BCUT2D eigenvalue weighted by Gasteiger charge is 2.25. The van der Waals surface area contributed by atoms with E-state index >= 15 is 0 Å². The van der Waals surface area contributed by atoms with E-state index < -0.39 is 0 Å². The molecule has 1 unspecified atom stereocenters. The van der Waals surface area contributed by atoms with Gasteiger partial charge in [-0.2, -0.15) is 0 Å². The molecule has 1 amide bonds. The van der Waals surface area contributed by atoms with Crippen molar-refractivity contribution in [3.8, 4) is 0 Å². The minimum absolute atomic E-state index is 0.0262. The van der Waals surface area contributed by atoms with Gasteiger partial charge >= 0.3 is 0 Å². The molecular formula is C18H22FNO. The first-order valence-electron chi connectivity index (χ1n) is 7.90. The first-order chi connectivity index (χ1) is 10.1. The van der Waals surface area contributed by atoms with Crippen molar-refractivity contribution in [3.63, 3.8) is 0 Å². The van der Waals surface area contributed by atoms with Crippen molar-refractivity contribution in [2.75, 3.05) is 0 Å². The Bertz CT molecular complexity index is 569. The third-order valence-corrected chi connectivity index (χ3v) is 4.78. The van der Waals surface area contributed by atoms with E-state index in [1.807, 2.05) is 6.07 Å². The van der Waals surface area contributed by atoms with Crippen LogP contribution in [-0.2, 0) is 11.2 Å². The largest absolute Gasteiger partial charge is 0.346 e. The zero-order chi connectivity index (χ0) is 14.8. The fourth-order valence-electron chi connectivity index (χ4n) is 3.44. The molecule has 2 aliphatic rings. The van der Waals surface area contributed by atoms with Crippen LogP contribution in [0.5, 0.6) is 0 Å². The van der Waals surface area contributed by atoms with E-state index in [2.05, 4.69) is 12.2 Å². The monoisotopic (exact) mass is 287 g/mol. The summed E-state index contributed by atoms with van der Waals surface area (Å²) in [5.74, 6) is 0.598. The van der Waals surface area contributed by atoms with Crippen molar-refractivity contribution in [1.29, 1.82) is 0 Å². The van der Waals surface area contributed by atoms with E-state index in [-0.39, 0.29) is 17.8 Å². The molecule has 0 spiro atoms. The van der Waals surface area contributed by atoms with Gasteiger partial charge in [-0.3, -0.25) is 4.79 Å². The van der Waals surface area contributed by atoms with Gasteiger partial charge in [0.05, 0.1) is 6.04 Å². The molecule has 0 heterocycles. The van der Waals surface area contributed by atoms with Crippen molar-refractivity contribution < 1.29 is 9.18 Å². The SMILES string of the molecule is CC1CCC(=CC(=O)NC2CCc3c(F)cccc32)CC1. The summed E-state index contributed by atoms with van der Waals surface area (Å²) in [6.07, 6.45) is 7.69. The van der Waals surface area contributed by atoms with E-state index in [0.29, 0.717) is 6.42 Å². The molecule has 1 aromatic carbocycles. The summed E-state index contributed by atoms with van der Waals surface area (Å²) in [7, 11) is 0. The number of benzene rings is 1. The number of rotatable bonds is 2. The highest BCUT2D eigenvalue weighted by atomic mass is 19.1. The Morgan fingerprint density at radius 3 is 2.76 bits per heavy atom. The van der Waals surface area contributed by atoms with Crippen LogP contribution < -0.4 is 5.32 Å². The molecule has 0 aromatic heterocycles. The molecule has 1 aromatic rings. The minimum atomic E-state index is -0.149. The highest BCUT2D eigenvalue weighted by Crippen LogP contribution is 2.33. The number of amides is 1. The lowest BCUT2D eigenvalue weighted by molar-refractivity contribution is -0.117. The molecule has 21 heavy (non-hydrogen) atoms. The molecule has 112 valence electrons. The van der Waals surface area contributed by atoms with Crippen molar-refractivity contribution in [2.45, 2.75) is 51.5 Å². The second kappa shape index (κ2) is 6.00. The van der Waals surface area contributed by atoms with E-state index in [4.69, 9.17) is 0 Å². The van der Waals surface area contributed by atoms with Gasteiger partial charge in [0.2, 0.25) is 5.91 Å². The number of carbonyl (C=O) groups excluding carboxylic acids is 1. The molecule has 0 aliphatic heterocycles. The lowest BCUT2D eigenvalue weighted by atomic mass is 9.87. The van der Waals surface area contributed by atoms with Gasteiger partial charge in [-0.25, -0.2) is 4.39 Å². The molecule has 3 rings (SSSR count). The molecule has 0 saturated heterocycles. The van der Waals surface area contributed by atoms with Gasteiger partial charge in [-0.15, -0.1) is 0 Å². The van der Waals surface area contributed by atoms with Crippen LogP contribution in [0.3, 0.4) is 0 Å². The van der Waals surface area contributed by atoms with Gasteiger partial charge in [0.1, 0.15) is 5.82 Å². The number of carbonyl (C=O) groups is 1. The minimum Gasteiger partial charge on any atom is -0.346 e. The van der Waals surface area contributed by atoms with Crippen LogP contribution in [0.4, 0.5) is 4.39 Å². The predicted molar refractivity (Wildman–Crippen MR) is 81.3 cm³/mol. The van der Waals surface area contributed by atoms with Crippen LogP contribution in [0.1, 0.15) is 56.2 Å². The molecule has 1 fully saturated rings. The maximum absolute atomic E-state index is 13.7. The fourth-order valence-corrected chi connectivity index (χ4v) is 3.44. The Morgan fingerprint density at radius 1 is 1.24 bits per heavy atom. The third-order valence-electron chi connectivity index (χ3n) is 4.78. The summed E-state index contributed by atoms with van der Waals surface area (Å²) in [6.45, 7) is 2.26.